The number of aromatic amines is 1. The van der Waals surface area contributed by atoms with E-state index in [0.717, 1.165) is 16.7 Å². The number of nitriles is 1. The third kappa shape index (κ3) is 3.70. The van der Waals surface area contributed by atoms with Gasteiger partial charge in [0.25, 0.3) is 0 Å². The average molecular weight is 519 g/mol. The number of halogens is 4. The maximum absolute atomic E-state index is 13.3. The van der Waals surface area contributed by atoms with Crippen LogP contribution in [0.15, 0.2) is 63.0 Å². The molecule has 0 bridgehead atoms. The Kier molecular flexibility index (Phi) is 5.37. The van der Waals surface area contributed by atoms with Gasteiger partial charge in [-0.05, 0) is 42.8 Å². The van der Waals surface area contributed by atoms with E-state index in [1.165, 1.54) is 36.1 Å². The van der Waals surface area contributed by atoms with Crippen LogP contribution in [0.25, 0.3) is 0 Å². The molecule has 1 aliphatic rings. The van der Waals surface area contributed by atoms with E-state index in [1.807, 2.05) is 6.07 Å². The number of nitrogens with zero attached hydrogens (tertiary/aromatic N) is 4. The summed E-state index contributed by atoms with van der Waals surface area (Å²) in [6.45, 7) is 1.51. The Labute approximate surface area is 192 Å². The highest BCUT2D eigenvalue weighted by atomic mass is 79.9. The summed E-state index contributed by atoms with van der Waals surface area (Å²) in [5.74, 6) is -0.896. The van der Waals surface area contributed by atoms with Gasteiger partial charge in [-0.25, -0.2) is 14.5 Å². The number of hydrogen-bond donors (Lipinski definition) is 2. The van der Waals surface area contributed by atoms with Crippen LogP contribution in [0.4, 0.5) is 24.8 Å². The number of aromatic nitrogens is 3. The summed E-state index contributed by atoms with van der Waals surface area (Å²) in [4.78, 5) is 26.6. The first-order chi connectivity index (χ1) is 15.5. The summed E-state index contributed by atoms with van der Waals surface area (Å²) < 4.78 is 41.5. The number of amides is 1. The van der Waals surface area contributed by atoms with Crippen molar-refractivity contribution in [2.45, 2.75) is 19.1 Å². The summed E-state index contributed by atoms with van der Waals surface area (Å²) >= 11 is 3.37. The van der Waals surface area contributed by atoms with Gasteiger partial charge in [-0.15, -0.1) is 5.10 Å². The van der Waals surface area contributed by atoms with Crippen LogP contribution in [-0.4, -0.2) is 20.7 Å². The number of nitrogens with one attached hydrogen (secondary N) is 1. The van der Waals surface area contributed by atoms with Gasteiger partial charge in [-0.2, -0.15) is 18.4 Å². The van der Waals surface area contributed by atoms with Crippen molar-refractivity contribution in [3.63, 3.8) is 0 Å². The summed E-state index contributed by atoms with van der Waals surface area (Å²) in [5.41, 5.74) is 5.09. The molecule has 0 unspecified atom stereocenters. The molecule has 1 aromatic heterocycles. The van der Waals surface area contributed by atoms with Crippen LogP contribution < -0.4 is 16.3 Å². The molecule has 0 saturated heterocycles. The van der Waals surface area contributed by atoms with Crippen molar-refractivity contribution in [1.29, 1.82) is 5.26 Å². The van der Waals surface area contributed by atoms with Crippen molar-refractivity contribution in [3.8, 4) is 6.07 Å². The fourth-order valence-electron chi connectivity index (χ4n) is 3.84. The number of hydrogen-bond acceptors (Lipinski definition) is 5. The molecular weight excluding hydrogens is 505 g/mol. The Balaban J connectivity index is 2.01. The van der Waals surface area contributed by atoms with Crippen molar-refractivity contribution < 1.29 is 18.0 Å². The molecule has 4 rings (SSSR count). The molecule has 12 heteroatoms. The fraction of sp³-hybridized carbons (Fsp3) is 0.143. The molecule has 0 fully saturated rings. The van der Waals surface area contributed by atoms with Crippen LogP contribution >= 0.6 is 15.9 Å². The number of carbonyl (C=O) groups excluding carboxylic acids is 1. The molecule has 1 amide bonds. The number of primary amides is 1. The zero-order valence-electron chi connectivity index (χ0n) is 16.8. The number of alkyl halides is 3. The molecule has 168 valence electrons. The van der Waals surface area contributed by atoms with Crippen LogP contribution in [-0.2, 0) is 11.0 Å². The molecule has 1 atom stereocenters. The van der Waals surface area contributed by atoms with Gasteiger partial charge >= 0.3 is 11.9 Å². The number of rotatable bonds is 3. The van der Waals surface area contributed by atoms with Gasteiger partial charge in [-0.1, -0.05) is 28.1 Å². The number of fused-ring (bicyclic) bond motifs is 1. The van der Waals surface area contributed by atoms with Crippen LogP contribution in [0.3, 0.4) is 0 Å². The third-order valence-corrected chi connectivity index (χ3v) is 5.95. The SMILES string of the molecule is CC1=C(C(N)=O)[C@@H](c2ccc(C#N)cc2Br)n2c(n[nH]c2=O)N1c1cccc(C(F)(F)F)c1. The molecule has 0 radical (unpaired) electrons. The van der Waals surface area contributed by atoms with Crippen molar-refractivity contribution in [2.75, 3.05) is 4.90 Å². The van der Waals surface area contributed by atoms with Gasteiger partial charge in [0.2, 0.25) is 11.9 Å². The lowest BCUT2D eigenvalue weighted by atomic mass is 9.93. The number of H-pyrrole nitrogens is 1. The van der Waals surface area contributed by atoms with Crippen molar-refractivity contribution in [1.82, 2.24) is 14.8 Å². The van der Waals surface area contributed by atoms with Crippen LogP contribution in [0.1, 0.15) is 29.7 Å². The number of benzene rings is 2. The molecule has 1 aliphatic heterocycles. The zero-order valence-corrected chi connectivity index (χ0v) is 18.4. The number of anilines is 2. The molecule has 3 N–H and O–H groups in total. The largest absolute Gasteiger partial charge is 0.416 e. The van der Waals surface area contributed by atoms with E-state index in [9.17, 15) is 22.8 Å². The molecule has 2 aromatic carbocycles. The smallest absolute Gasteiger partial charge is 0.366 e. The number of nitrogens with two attached hydrogens (primary N) is 1. The molecule has 33 heavy (non-hydrogen) atoms. The highest BCUT2D eigenvalue weighted by Crippen LogP contribution is 2.43. The average Bonchev–Trinajstić information content (AvgIpc) is 3.13. The molecule has 2 heterocycles. The quantitative estimate of drug-likeness (QED) is 0.547. The van der Waals surface area contributed by atoms with Crippen molar-refractivity contribution in [3.05, 3.63) is 85.4 Å². The number of allylic oxidation sites excluding steroid dienone is 1. The first-order valence-electron chi connectivity index (χ1n) is 9.39. The van der Waals surface area contributed by atoms with Crippen LogP contribution in [0.2, 0.25) is 0 Å². The maximum Gasteiger partial charge on any atom is 0.416 e. The molecular formula is C21H14BrF3N6O2. The highest BCUT2D eigenvalue weighted by Gasteiger charge is 2.39. The lowest BCUT2D eigenvalue weighted by Crippen LogP contribution is -2.39. The zero-order chi connectivity index (χ0) is 24.1. The van der Waals surface area contributed by atoms with E-state index in [0.29, 0.717) is 15.6 Å². The van der Waals surface area contributed by atoms with E-state index in [1.54, 1.807) is 6.07 Å². The molecule has 0 spiro atoms. The summed E-state index contributed by atoms with van der Waals surface area (Å²) in [6, 6.07) is 9.97. The lowest BCUT2D eigenvalue weighted by molar-refractivity contribution is -0.137. The highest BCUT2D eigenvalue weighted by molar-refractivity contribution is 9.10. The van der Waals surface area contributed by atoms with E-state index in [4.69, 9.17) is 11.0 Å². The predicted octanol–water partition coefficient (Wildman–Crippen LogP) is 3.72. The maximum atomic E-state index is 13.3. The Hall–Kier alpha value is -3.85. The molecule has 8 nitrogen and oxygen atoms in total. The number of carbonyl (C=O) groups is 1. The topological polar surface area (TPSA) is 121 Å². The third-order valence-electron chi connectivity index (χ3n) is 5.26. The molecule has 3 aromatic rings. The Morgan fingerprint density at radius 2 is 2.00 bits per heavy atom. The van der Waals surface area contributed by atoms with Crippen LogP contribution in [0.5, 0.6) is 0 Å². The van der Waals surface area contributed by atoms with E-state index in [-0.39, 0.29) is 22.9 Å². The Bertz CT molecular complexity index is 1420. The van der Waals surface area contributed by atoms with Gasteiger partial charge in [0.05, 0.1) is 22.8 Å². The van der Waals surface area contributed by atoms with Gasteiger partial charge < -0.3 is 5.73 Å². The van der Waals surface area contributed by atoms with Gasteiger partial charge in [-0.3, -0.25) is 9.69 Å². The standard InChI is InChI=1S/C21H14BrF3N6O2/c1-10-16(18(27)32)17(14-6-5-11(9-26)7-15(14)22)31-19(28-29-20(31)33)30(10)13-4-2-3-12(8-13)21(23,24)25/h2-8,17H,1H3,(H2,27,32)(H,29,33)/t17-/m1/s1. The van der Waals surface area contributed by atoms with Gasteiger partial charge in [0, 0.05) is 15.9 Å². The second-order valence-electron chi connectivity index (χ2n) is 7.20. The molecule has 0 aliphatic carbocycles. The first kappa shape index (κ1) is 22.3. The van der Waals surface area contributed by atoms with E-state index < -0.39 is 29.4 Å². The minimum atomic E-state index is -4.60. The van der Waals surface area contributed by atoms with Crippen molar-refractivity contribution in [2.24, 2.45) is 5.73 Å². The summed E-state index contributed by atoms with van der Waals surface area (Å²) in [6.07, 6.45) is -4.60. The minimum Gasteiger partial charge on any atom is -0.366 e. The Morgan fingerprint density at radius 1 is 1.27 bits per heavy atom. The minimum absolute atomic E-state index is 0.0196. The predicted molar refractivity (Wildman–Crippen MR) is 115 cm³/mol. The second kappa shape index (κ2) is 7.93. The Morgan fingerprint density at radius 3 is 2.61 bits per heavy atom. The second-order valence-corrected chi connectivity index (χ2v) is 8.05. The van der Waals surface area contributed by atoms with E-state index in [2.05, 4.69) is 26.1 Å². The van der Waals surface area contributed by atoms with Crippen LogP contribution in [0, 0.1) is 11.3 Å². The summed E-state index contributed by atoms with van der Waals surface area (Å²) in [5, 5.41) is 15.4. The monoisotopic (exact) mass is 518 g/mol. The fourth-order valence-corrected chi connectivity index (χ4v) is 4.44. The summed E-state index contributed by atoms with van der Waals surface area (Å²) in [7, 11) is 0. The first-order valence-corrected chi connectivity index (χ1v) is 10.2. The molecule has 0 saturated carbocycles. The normalized spacial score (nSPS) is 15.9. The van der Waals surface area contributed by atoms with E-state index >= 15 is 0 Å². The van der Waals surface area contributed by atoms with Crippen molar-refractivity contribution >= 4 is 33.5 Å². The lowest BCUT2D eigenvalue weighted by Gasteiger charge is -2.35. The van der Waals surface area contributed by atoms with Gasteiger partial charge in [0.1, 0.15) is 6.04 Å². The van der Waals surface area contributed by atoms with Gasteiger partial charge in [0.15, 0.2) is 0 Å².